The van der Waals surface area contributed by atoms with Crippen molar-refractivity contribution in [3.63, 3.8) is 0 Å². The van der Waals surface area contributed by atoms with Crippen LogP contribution in [0.3, 0.4) is 0 Å². The van der Waals surface area contributed by atoms with Crippen molar-refractivity contribution in [3.8, 4) is 5.69 Å². The maximum absolute atomic E-state index is 12.9. The molecule has 3 aromatic rings. The molecule has 10 nitrogen and oxygen atoms in total. The number of aromatic nitrogens is 2. The summed E-state index contributed by atoms with van der Waals surface area (Å²) in [6.45, 7) is 3.05. The largest absolute Gasteiger partial charge is 0.449 e. The van der Waals surface area contributed by atoms with Gasteiger partial charge in [0.1, 0.15) is 5.69 Å². The molecule has 0 aliphatic carbocycles. The Kier molecular flexibility index (Phi) is 6.00. The molecule has 0 fully saturated rings. The number of benzene rings is 2. The van der Waals surface area contributed by atoms with Gasteiger partial charge in [-0.25, -0.2) is 9.48 Å². The summed E-state index contributed by atoms with van der Waals surface area (Å²) in [4.78, 5) is 47.8. The van der Waals surface area contributed by atoms with E-state index in [1.807, 2.05) is 6.07 Å². The number of ether oxygens (including phenoxy) is 1. The highest BCUT2D eigenvalue weighted by atomic mass is 16.6. The van der Waals surface area contributed by atoms with E-state index in [-0.39, 0.29) is 16.9 Å². The quantitative estimate of drug-likeness (QED) is 0.368. The van der Waals surface area contributed by atoms with Crippen molar-refractivity contribution in [1.82, 2.24) is 9.36 Å². The maximum Gasteiger partial charge on any atom is 0.338 e. The standard InChI is InChI=1S/C21H20N4O6/c1-13-18(20(27)24(23(13)3)16-7-5-4-6-8-16)22-19(26)14(2)31-21(28)15-9-11-17(12-10-15)25(29)30/h4-12,14H,1-3H3,(H,22,26). The summed E-state index contributed by atoms with van der Waals surface area (Å²) >= 11 is 0. The molecule has 1 heterocycles. The predicted molar refractivity (Wildman–Crippen MR) is 112 cm³/mol. The van der Waals surface area contributed by atoms with Crippen molar-refractivity contribution in [2.45, 2.75) is 20.0 Å². The molecule has 1 atom stereocenters. The van der Waals surface area contributed by atoms with E-state index in [4.69, 9.17) is 4.74 Å². The second-order valence-corrected chi connectivity index (χ2v) is 6.78. The lowest BCUT2D eigenvalue weighted by molar-refractivity contribution is -0.384. The van der Waals surface area contributed by atoms with E-state index < -0.39 is 28.5 Å². The lowest BCUT2D eigenvalue weighted by Gasteiger charge is -2.13. The van der Waals surface area contributed by atoms with Crippen LogP contribution in [0, 0.1) is 17.0 Å². The minimum absolute atomic E-state index is 0.0626. The third-order valence-corrected chi connectivity index (χ3v) is 4.77. The van der Waals surface area contributed by atoms with Crippen LogP contribution in [0.1, 0.15) is 23.0 Å². The predicted octanol–water partition coefficient (Wildman–Crippen LogP) is 2.58. The van der Waals surface area contributed by atoms with Crippen molar-refractivity contribution in [1.29, 1.82) is 0 Å². The number of non-ortho nitro benzene ring substituents is 1. The highest BCUT2D eigenvalue weighted by Gasteiger charge is 2.24. The Hall–Kier alpha value is -4.21. The number of carbonyl (C=O) groups is 2. The van der Waals surface area contributed by atoms with Crippen molar-refractivity contribution in [2.24, 2.45) is 7.05 Å². The summed E-state index contributed by atoms with van der Waals surface area (Å²) in [6, 6.07) is 13.8. The Morgan fingerprint density at radius 3 is 2.29 bits per heavy atom. The molecule has 1 unspecified atom stereocenters. The van der Waals surface area contributed by atoms with E-state index in [9.17, 15) is 24.5 Å². The number of esters is 1. The van der Waals surface area contributed by atoms with E-state index in [0.717, 1.165) is 0 Å². The molecular weight excluding hydrogens is 404 g/mol. The molecule has 0 saturated heterocycles. The first-order valence-corrected chi connectivity index (χ1v) is 9.31. The number of nitrogens with one attached hydrogen (secondary N) is 1. The molecule has 3 rings (SSSR count). The van der Waals surface area contributed by atoms with Crippen LogP contribution >= 0.6 is 0 Å². The number of para-hydroxylation sites is 1. The fourth-order valence-electron chi connectivity index (χ4n) is 2.94. The van der Waals surface area contributed by atoms with Crippen LogP contribution in [0.15, 0.2) is 59.4 Å². The minimum atomic E-state index is -1.20. The molecule has 0 saturated carbocycles. The van der Waals surface area contributed by atoms with E-state index in [0.29, 0.717) is 11.4 Å². The van der Waals surface area contributed by atoms with Gasteiger partial charge in [-0.15, -0.1) is 0 Å². The third kappa shape index (κ3) is 4.37. The Bertz CT molecular complexity index is 1200. The van der Waals surface area contributed by atoms with Crippen LogP contribution in [-0.2, 0) is 16.6 Å². The van der Waals surface area contributed by atoms with Crippen LogP contribution in [-0.4, -0.2) is 32.3 Å². The van der Waals surface area contributed by atoms with Gasteiger partial charge in [0.25, 0.3) is 17.2 Å². The Balaban J connectivity index is 1.75. The normalized spacial score (nSPS) is 11.6. The first-order chi connectivity index (χ1) is 14.7. The number of hydrogen-bond acceptors (Lipinski definition) is 6. The molecule has 1 amide bonds. The van der Waals surface area contributed by atoms with Crippen LogP contribution in [0.5, 0.6) is 0 Å². The van der Waals surface area contributed by atoms with Gasteiger partial charge in [0.2, 0.25) is 0 Å². The first kappa shape index (κ1) is 21.5. The van der Waals surface area contributed by atoms with Crippen LogP contribution in [0.4, 0.5) is 11.4 Å². The van der Waals surface area contributed by atoms with Gasteiger partial charge in [-0.3, -0.25) is 24.4 Å². The Labute approximate surface area is 176 Å². The summed E-state index contributed by atoms with van der Waals surface area (Å²) in [5.41, 5.74) is 0.708. The number of carbonyl (C=O) groups excluding carboxylic acids is 2. The van der Waals surface area contributed by atoms with Crippen molar-refractivity contribution >= 4 is 23.3 Å². The van der Waals surface area contributed by atoms with Gasteiger partial charge in [0, 0.05) is 19.2 Å². The number of nitro groups is 1. The average Bonchev–Trinajstić information content (AvgIpc) is 2.97. The summed E-state index contributed by atoms with van der Waals surface area (Å²) in [5.74, 6) is -1.50. The van der Waals surface area contributed by atoms with Gasteiger partial charge in [0.05, 0.1) is 21.9 Å². The minimum Gasteiger partial charge on any atom is -0.449 e. The Morgan fingerprint density at radius 2 is 1.71 bits per heavy atom. The Morgan fingerprint density at radius 1 is 1.10 bits per heavy atom. The molecular formula is C21H20N4O6. The highest BCUT2D eigenvalue weighted by molar-refractivity contribution is 5.97. The third-order valence-electron chi connectivity index (χ3n) is 4.77. The lowest BCUT2D eigenvalue weighted by Crippen LogP contribution is -2.32. The molecule has 0 aliphatic heterocycles. The number of amides is 1. The summed E-state index contributed by atoms with van der Waals surface area (Å²) in [7, 11) is 1.69. The SMILES string of the molecule is Cc1c(NC(=O)C(C)OC(=O)c2ccc([N+](=O)[O-])cc2)c(=O)n(-c2ccccc2)n1C. The van der Waals surface area contributed by atoms with Crippen molar-refractivity contribution in [3.05, 3.63) is 86.3 Å². The maximum atomic E-state index is 12.9. The number of nitrogens with zero attached hydrogens (tertiary/aromatic N) is 3. The van der Waals surface area contributed by atoms with Gasteiger partial charge < -0.3 is 10.1 Å². The van der Waals surface area contributed by atoms with Gasteiger partial charge >= 0.3 is 5.97 Å². The molecule has 0 radical (unpaired) electrons. The summed E-state index contributed by atoms with van der Waals surface area (Å²) in [5, 5.41) is 13.2. The van der Waals surface area contributed by atoms with E-state index in [1.54, 1.807) is 42.9 Å². The summed E-state index contributed by atoms with van der Waals surface area (Å²) < 4.78 is 8.16. The second kappa shape index (κ2) is 8.66. The van der Waals surface area contributed by atoms with Crippen LogP contribution < -0.4 is 10.9 Å². The molecule has 1 N–H and O–H groups in total. The van der Waals surface area contributed by atoms with Crippen LogP contribution in [0.25, 0.3) is 5.69 Å². The van der Waals surface area contributed by atoms with Crippen molar-refractivity contribution in [2.75, 3.05) is 5.32 Å². The molecule has 0 bridgehead atoms. The molecule has 1 aromatic heterocycles. The zero-order valence-corrected chi connectivity index (χ0v) is 17.1. The van der Waals surface area contributed by atoms with Gasteiger partial charge in [0.15, 0.2) is 6.10 Å². The first-order valence-electron chi connectivity index (χ1n) is 9.31. The summed E-state index contributed by atoms with van der Waals surface area (Å²) in [6.07, 6.45) is -1.20. The number of hydrogen-bond donors (Lipinski definition) is 1. The number of rotatable bonds is 6. The molecule has 160 valence electrons. The molecule has 0 aliphatic rings. The van der Waals surface area contributed by atoms with Gasteiger partial charge in [-0.05, 0) is 38.1 Å². The lowest BCUT2D eigenvalue weighted by atomic mass is 10.2. The fraction of sp³-hybridized carbons (Fsp3) is 0.190. The molecule has 31 heavy (non-hydrogen) atoms. The van der Waals surface area contributed by atoms with Crippen molar-refractivity contribution < 1.29 is 19.2 Å². The zero-order valence-electron chi connectivity index (χ0n) is 17.1. The molecule has 2 aromatic carbocycles. The number of nitro benzene ring substituents is 1. The smallest absolute Gasteiger partial charge is 0.338 e. The van der Waals surface area contributed by atoms with Gasteiger partial charge in [-0.2, -0.15) is 0 Å². The fourth-order valence-corrected chi connectivity index (χ4v) is 2.94. The van der Waals surface area contributed by atoms with Crippen LogP contribution in [0.2, 0.25) is 0 Å². The van der Waals surface area contributed by atoms with Gasteiger partial charge in [-0.1, -0.05) is 18.2 Å². The number of anilines is 1. The van der Waals surface area contributed by atoms with E-state index >= 15 is 0 Å². The monoisotopic (exact) mass is 424 g/mol. The molecule has 0 spiro atoms. The highest BCUT2D eigenvalue weighted by Crippen LogP contribution is 2.16. The van der Waals surface area contributed by atoms with E-state index in [1.165, 1.54) is 35.9 Å². The topological polar surface area (TPSA) is 125 Å². The second-order valence-electron chi connectivity index (χ2n) is 6.78. The van der Waals surface area contributed by atoms with E-state index in [2.05, 4.69) is 5.32 Å². The average molecular weight is 424 g/mol. The molecule has 10 heteroatoms. The zero-order chi connectivity index (χ0) is 22.7.